The van der Waals surface area contributed by atoms with Gasteiger partial charge in [0.25, 0.3) is 0 Å². The SMILES string of the molecule is [2H]C([2H])([2H])Oc1cc(C(O)CO)ccc1O. The third-order valence-corrected chi connectivity index (χ3v) is 1.65. The maximum atomic E-state index is 9.33. The van der Waals surface area contributed by atoms with Crippen LogP contribution in [0.3, 0.4) is 0 Å². The number of hydrogen-bond donors (Lipinski definition) is 3. The number of methoxy groups -OCH3 is 1. The van der Waals surface area contributed by atoms with E-state index >= 15 is 0 Å². The first-order valence-electron chi connectivity index (χ1n) is 5.14. The van der Waals surface area contributed by atoms with Gasteiger partial charge in [-0.1, -0.05) is 6.07 Å². The van der Waals surface area contributed by atoms with Gasteiger partial charge in [-0.05, 0) is 17.7 Å². The van der Waals surface area contributed by atoms with E-state index in [9.17, 15) is 10.2 Å². The van der Waals surface area contributed by atoms with Gasteiger partial charge in [-0.15, -0.1) is 0 Å². The molecule has 1 atom stereocenters. The van der Waals surface area contributed by atoms with Gasteiger partial charge in [-0.25, -0.2) is 0 Å². The first kappa shape index (κ1) is 6.23. The number of rotatable bonds is 3. The van der Waals surface area contributed by atoms with Crippen molar-refractivity contribution in [2.75, 3.05) is 13.6 Å². The van der Waals surface area contributed by atoms with Crippen LogP contribution >= 0.6 is 0 Å². The monoisotopic (exact) mass is 187 g/mol. The second-order valence-electron chi connectivity index (χ2n) is 2.53. The van der Waals surface area contributed by atoms with E-state index in [4.69, 9.17) is 9.22 Å². The van der Waals surface area contributed by atoms with E-state index in [0.29, 0.717) is 0 Å². The summed E-state index contributed by atoms with van der Waals surface area (Å²) < 4.78 is 25.2. The summed E-state index contributed by atoms with van der Waals surface area (Å²) in [5.74, 6) is -0.602. The molecule has 0 aliphatic heterocycles. The van der Waals surface area contributed by atoms with Crippen LogP contribution in [0.4, 0.5) is 0 Å². The largest absolute Gasteiger partial charge is 0.504 e. The molecule has 0 spiro atoms. The van der Waals surface area contributed by atoms with Gasteiger partial charge in [0.2, 0.25) is 0 Å². The molecule has 0 fully saturated rings. The van der Waals surface area contributed by atoms with Crippen LogP contribution in [0.5, 0.6) is 11.5 Å². The Balaban J connectivity index is 2.99. The Hall–Kier alpha value is -1.26. The van der Waals surface area contributed by atoms with Crippen LogP contribution in [0.1, 0.15) is 15.8 Å². The predicted molar refractivity (Wildman–Crippen MR) is 46.7 cm³/mol. The quantitative estimate of drug-likeness (QED) is 0.641. The minimum Gasteiger partial charge on any atom is -0.504 e. The van der Waals surface area contributed by atoms with Crippen LogP contribution in [-0.2, 0) is 0 Å². The Morgan fingerprint density at radius 2 is 2.38 bits per heavy atom. The van der Waals surface area contributed by atoms with E-state index in [0.717, 1.165) is 0 Å². The molecule has 0 aromatic heterocycles. The second kappa shape index (κ2) is 4.11. The molecule has 0 radical (unpaired) electrons. The van der Waals surface area contributed by atoms with Crippen molar-refractivity contribution in [2.45, 2.75) is 6.10 Å². The zero-order valence-electron chi connectivity index (χ0n) is 9.77. The lowest BCUT2D eigenvalue weighted by Gasteiger charge is -2.09. The fraction of sp³-hybridized carbons (Fsp3) is 0.333. The molecule has 0 bridgehead atoms. The highest BCUT2D eigenvalue weighted by molar-refractivity contribution is 5.42. The third kappa shape index (κ3) is 2.11. The summed E-state index contributed by atoms with van der Waals surface area (Å²) in [4.78, 5) is 0. The van der Waals surface area contributed by atoms with Gasteiger partial charge in [0.15, 0.2) is 11.5 Å². The number of phenolic OH excluding ortho intramolecular Hbond substituents is 1. The minimum absolute atomic E-state index is 0.259. The Morgan fingerprint density at radius 1 is 1.62 bits per heavy atom. The van der Waals surface area contributed by atoms with E-state index in [-0.39, 0.29) is 17.1 Å². The summed E-state index contributed by atoms with van der Waals surface area (Å²) in [6, 6.07) is 3.72. The average molecular weight is 187 g/mol. The number of hydrogen-bond acceptors (Lipinski definition) is 4. The van der Waals surface area contributed by atoms with Crippen molar-refractivity contribution in [3.8, 4) is 11.5 Å². The highest BCUT2D eigenvalue weighted by Crippen LogP contribution is 2.28. The molecule has 1 rings (SSSR count). The normalized spacial score (nSPS) is 16.9. The Kier molecular flexibility index (Phi) is 1.97. The molecule has 1 aromatic carbocycles. The van der Waals surface area contributed by atoms with Crippen molar-refractivity contribution in [1.29, 1.82) is 0 Å². The molecular weight excluding hydrogens is 172 g/mol. The van der Waals surface area contributed by atoms with Gasteiger partial charge in [0, 0.05) is 0 Å². The topological polar surface area (TPSA) is 69.9 Å². The van der Waals surface area contributed by atoms with Crippen molar-refractivity contribution in [2.24, 2.45) is 0 Å². The molecule has 13 heavy (non-hydrogen) atoms. The van der Waals surface area contributed by atoms with Gasteiger partial charge in [-0.3, -0.25) is 0 Å². The second-order valence-corrected chi connectivity index (χ2v) is 2.53. The van der Waals surface area contributed by atoms with Crippen molar-refractivity contribution >= 4 is 0 Å². The fourth-order valence-electron chi connectivity index (χ4n) is 0.925. The van der Waals surface area contributed by atoms with Crippen molar-refractivity contribution in [3.63, 3.8) is 0 Å². The molecule has 3 N–H and O–H groups in total. The zero-order chi connectivity index (χ0) is 12.3. The van der Waals surface area contributed by atoms with Gasteiger partial charge in [0.05, 0.1) is 17.8 Å². The molecule has 1 aromatic rings. The predicted octanol–water partition coefficient (Wildman–Crippen LogP) is 0.426. The Morgan fingerprint density at radius 3 is 3.00 bits per heavy atom. The lowest BCUT2D eigenvalue weighted by molar-refractivity contribution is 0.0953. The molecule has 0 aliphatic rings. The number of aromatic hydroxyl groups is 1. The smallest absolute Gasteiger partial charge is 0.160 e. The minimum atomic E-state index is -2.68. The maximum Gasteiger partial charge on any atom is 0.160 e. The van der Waals surface area contributed by atoms with E-state index in [1.165, 1.54) is 18.2 Å². The van der Waals surface area contributed by atoms with Crippen molar-refractivity contribution in [3.05, 3.63) is 23.8 Å². The van der Waals surface area contributed by atoms with Crippen LogP contribution < -0.4 is 4.74 Å². The van der Waals surface area contributed by atoms with Crippen LogP contribution in [0, 0.1) is 0 Å². The summed E-state index contributed by atoms with van der Waals surface area (Å²) in [6.45, 7) is -0.502. The lowest BCUT2D eigenvalue weighted by Crippen LogP contribution is -2.02. The lowest BCUT2D eigenvalue weighted by atomic mass is 10.1. The molecule has 4 nitrogen and oxygen atoms in total. The zero-order valence-corrected chi connectivity index (χ0v) is 6.77. The first-order valence-corrected chi connectivity index (χ1v) is 3.64. The fourth-order valence-corrected chi connectivity index (χ4v) is 0.925. The molecule has 0 heterocycles. The van der Waals surface area contributed by atoms with E-state index in [1.807, 2.05) is 0 Å². The molecular formula is C9H12O4. The van der Waals surface area contributed by atoms with E-state index in [2.05, 4.69) is 4.74 Å². The third-order valence-electron chi connectivity index (χ3n) is 1.65. The van der Waals surface area contributed by atoms with Crippen LogP contribution in [0.25, 0.3) is 0 Å². The number of aliphatic hydroxyl groups excluding tert-OH is 2. The highest BCUT2D eigenvalue weighted by atomic mass is 16.5. The first-order chi connectivity index (χ1) is 7.33. The molecule has 1 unspecified atom stereocenters. The molecule has 0 amide bonds. The average Bonchev–Trinajstić information content (AvgIpc) is 2.18. The number of phenols is 1. The number of aliphatic hydroxyl groups is 2. The molecule has 4 heteroatoms. The molecule has 0 saturated heterocycles. The Bertz CT molecular complexity index is 364. The maximum absolute atomic E-state index is 9.33. The summed E-state index contributed by atoms with van der Waals surface area (Å²) >= 11 is 0. The van der Waals surface area contributed by atoms with Crippen LogP contribution in [0.2, 0.25) is 0 Å². The van der Waals surface area contributed by atoms with Crippen LogP contribution in [-0.4, -0.2) is 29.0 Å². The summed E-state index contributed by atoms with van der Waals surface area (Å²) in [5.41, 5.74) is 0.263. The molecule has 0 aliphatic carbocycles. The number of benzene rings is 1. The van der Waals surface area contributed by atoms with Crippen molar-refractivity contribution < 1.29 is 24.2 Å². The molecule has 0 saturated carbocycles. The van der Waals surface area contributed by atoms with E-state index in [1.54, 1.807) is 0 Å². The van der Waals surface area contributed by atoms with Crippen molar-refractivity contribution in [1.82, 2.24) is 0 Å². The molecule has 72 valence electrons. The van der Waals surface area contributed by atoms with Gasteiger partial charge in [-0.2, -0.15) is 0 Å². The summed E-state index contributed by atoms with van der Waals surface area (Å²) in [7, 11) is -2.68. The highest BCUT2D eigenvalue weighted by Gasteiger charge is 2.09. The Labute approximate surface area is 80.2 Å². The number of ether oxygens (including phenoxy) is 1. The standard InChI is InChI=1S/C9H12O4/c1-13-9-4-6(8(12)5-10)2-3-7(9)11/h2-4,8,10-12H,5H2,1H3/i1D3. The summed E-state index contributed by atoms with van der Waals surface area (Å²) in [6.07, 6.45) is -1.14. The van der Waals surface area contributed by atoms with E-state index < -0.39 is 19.7 Å². The van der Waals surface area contributed by atoms with Crippen LogP contribution in [0.15, 0.2) is 18.2 Å². The van der Waals surface area contributed by atoms with Gasteiger partial charge < -0.3 is 20.1 Å². The van der Waals surface area contributed by atoms with Gasteiger partial charge in [0.1, 0.15) is 6.10 Å². The van der Waals surface area contributed by atoms with Gasteiger partial charge >= 0.3 is 0 Å². The summed E-state index contributed by atoms with van der Waals surface area (Å²) in [5, 5.41) is 27.4.